The monoisotopic (exact) mass is 483 g/mol. The lowest BCUT2D eigenvalue weighted by Gasteiger charge is -2.36. The van der Waals surface area contributed by atoms with Crippen molar-refractivity contribution in [2.75, 3.05) is 37.6 Å². The Morgan fingerprint density at radius 2 is 1.85 bits per heavy atom. The Morgan fingerprint density at radius 1 is 1.12 bits per heavy atom. The van der Waals surface area contributed by atoms with Gasteiger partial charge in [-0.1, -0.05) is 0 Å². The maximum Gasteiger partial charge on any atom is 0.416 e. The molecule has 0 aliphatic carbocycles. The van der Waals surface area contributed by atoms with Crippen LogP contribution in [0.15, 0.2) is 41.8 Å². The number of hydrogen-bond donors (Lipinski definition) is 1. The van der Waals surface area contributed by atoms with Crippen molar-refractivity contribution in [1.29, 1.82) is 0 Å². The standard InChI is InChI=1S/C22H21F4N3O3S/c23-15-2-4-21-16(12-15)17(13-33-21)20(30)5-6-27-7-9-28(10-8-27)18-3-1-14(22(24,25)26)11-19(18)29(31)32/h1-4,11-13,20,30H,5-10H2. The molecule has 3 aromatic rings. The van der Waals surface area contributed by atoms with E-state index in [-0.39, 0.29) is 11.5 Å². The van der Waals surface area contributed by atoms with Gasteiger partial charge in [-0.25, -0.2) is 4.39 Å². The maximum absolute atomic E-state index is 13.6. The highest BCUT2D eigenvalue weighted by Gasteiger charge is 2.34. The van der Waals surface area contributed by atoms with Crippen LogP contribution in [-0.4, -0.2) is 47.7 Å². The third-order valence-corrected chi connectivity index (χ3v) is 6.84. The zero-order valence-corrected chi connectivity index (χ0v) is 18.2. The van der Waals surface area contributed by atoms with E-state index in [1.807, 2.05) is 5.38 Å². The summed E-state index contributed by atoms with van der Waals surface area (Å²) in [6, 6.07) is 7.08. The topological polar surface area (TPSA) is 69.9 Å². The Balaban J connectivity index is 1.37. The molecule has 0 spiro atoms. The van der Waals surface area contributed by atoms with Gasteiger partial charge in [0.1, 0.15) is 11.5 Å². The number of benzene rings is 2. The molecule has 1 fully saturated rings. The molecule has 0 amide bonds. The van der Waals surface area contributed by atoms with E-state index in [0.29, 0.717) is 56.2 Å². The number of hydrogen-bond acceptors (Lipinski definition) is 6. The molecule has 1 N–H and O–H groups in total. The second kappa shape index (κ2) is 9.24. The average Bonchev–Trinajstić information content (AvgIpc) is 3.20. The molecule has 1 unspecified atom stereocenters. The maximum atomic E-state index is 13.6. The smallest absolute Gasteiger partial charge is 0.388 e. The van der Waals surface area contributed by atoms with Crippen molar-refractivity contribution in [3.63, 3.8) is 0 Å². The second-order valence-electron chi connectivity index (χ2n) is 7.92. The second-order valence-corrected chi connectivity index (χ2v) is 8.83. The number of aliphatic hydroxyl groups excluding tert-OH is 1. The summed E-state index contributed by atoms with van der Waals surface area (Å²) in [6.07, 6.45) is -4.97. The largest absolute Gasteiger partial charge is 0.416 e. The summed E-state index contributed by atoms with van der Waals surface area (Å²) in [4.78, 5) is 14.4. The third kappa shape index (κ3) is 5.10. The van der Waals surface area contributed by atoms with Gasteiger partial charge in [0.05, 0.1) is 16.6 Å². The van der Waals surface area contributed by atoms with Gasteiger partial charge in [0.25, 0.3) is 5.69 Å². The Kier molecular flexibility index (Phi) is 6.55. The number of nitro benzene ring substituents is 1. The quantitative estimate of drug-likeness (QED) is 0.296. The molecule has 1 aromatic heterocycles. The van der Waals surface area contributed by atoms with Gasteiger partial charge in [0.15, 0.2) is 0 Å². The minimum Gasteiger partial charge on any atom is -0.388 e. The first-order valence-corrected chi connectivity index (χ1v) is 11.2. The van der Waals surface area contributed by atoms with Crippen LogP contribution in [0.3, 0.4) is 0 Å². The lowest BCUT2D eigenvalue weighted by Crippen LogP contribution is -2.47. The highest BCUT2D eigenvalue weighted by atomic mass is 32.1. The number of thiophene rings is 1. The Labute approximate surface area is 190 Å². The first-order chi connectivity index (χ1) is 15.6. The van der Waals surface area contributed by atoms with Gasteiger partial charge in [-0.15, -0.1) is 11.3 Å². The first-order valence-electron chi connectivity index (χ1n) is 10.3. The third-order valence-electron chi connectivity index (χ3n) is 5.86. The van der Waals surface area contributed by atoms with Crippen LogP contribution < -0.4 is 4.90 Å². The Hall–Kier alpha value is -2.76. The van der Waals surface area contributed by atoms with Crippen LogP contribution in [-0.2, 0) is 6.18 Å². The van der Waals surface area contributed by atoms with Crippen molar-refractivity contribution in [3.05, 3.63) is 68.8 Å². The van der Waals surface area contributed by atoms with Crippen LogP contribution in [0.2, 0.25) is 0 Å². The normalized spacial score (nSPS) is 16.3. The molecule has 33 heavy (non-hydrogen) atoms. The molecular formula is C22H21F4N3O3S. The van der Waals surface area contributed by atoms with E-state index in [9.17, 15) is 32.8 Å². The number of nitro groups is 1. The van der Waals surface area contributed by atoms with Crippen LogP contribution in [0.5, 0.6) is 0 Å². The fourth-order valence-corrected chi connectivity index (χ4v) is 5.05. The lowest BCUT2D eigenvalue weighted by molar-refractivity contribution is -0.384. The van der Waals surface area contributed by atoms with E-state index in [1.165, 1.54) is 23.5 Å². The molecule has 176 valence electrons. The number of anilines is 1. The summed E-state index contributed by atoms with van der Waals surface area (Å²) < 4.78 is 53.3. The van der Waals surface area contributed by atoms with Crippen LogP contribution >= 0.6 is 11.3 Å². The van der Waals surface area contributed by atoms with Crippen molar-refractivity contribution >= 4 is 32.8 Å². The van der Waals surface area contributed by atoms with E-state index in [1.54, 1.807) is 11.0 Å². The summed E-state index contributed by atoms with van der Waals surface area (Å²) in [6.45, 7) is 2.48. The van der Waals surface area contributed by atoms with Crippen LogP contribution in [0.25, 0.3) is 10.1 Å². The molecule has 1 aliphatic rings. The van der Waals surface area contributed by atoms with E-state index >= 15 is 0 Å². The summed E-state index contributed by atoms with van der Waals surface area (Å²) in [5.74, 6) is -0.358. The molecular weight excluding hydrogens is 462 g/mol. The number of alkyl halides is 3. The van der Waals surface area contributed by atoms with Gasteiger partial charge in [0.2, 0.25) is 0 Å². The predicted molar refractivity (Wildman–Crippen MR) is 118 cm³/mol. The highest BCUT2D eigenvalue weighted by molar-refractivity contribution is 7.17. The molecule has 1 aliphatic heterocycles. The van der Waals surface area contributed by atoms with Gasteiger partial charge < -0.3 is 10.0 Å². The highest BCUT2D eigenvalue weighted by Crippen LogP contribution is 2.37. The van der Waals surface area contributed by atoms with E-state index in [2.05, 4.69) is 4.90 Å². The summed E-state index contributed by atoms with van der Waals surface area (Å²) in [5.41, 5.74) is -0.760. The fourth-order valence-electron chi connectivity index (χ4n) is 4.07. The SMILES string of the molecule is O=[N+]([O-])c1cc(C(F)(F)F)ccc1N1CCN(CCC(O)c2csc3ccc(F)cc23)CC1. The van der Waals surface area contributed by atoms with Crippen molar-refractivity contribution in [2.24, 2.45) is 0 Å². The lowest BCUT2D eigenvalue weighted by atomic mass is 10.0. The summed E-state index contributed by atoms with van der Waals surface area (Å²) >= 11 is 1.44. The van der Waals surface area contributed by atoms with Gasteiger partial charge >= 0.3 is 6.18 Å². The number of rotatable bonds is 6. The number of halogens is 4. The molecule has 0 radical (unpaired) electrons. The summed E-state index contributed by atoms with van der Waals surface area (Å²) in [5, 5.41) is 24.5. The van der Waals surface area contributed by atoms with Gasteiger partial charge in [0, 0.05) is 48.9 Å². The molecule has 6 nitrogen and oxygen atoms in total. The molecule has 2 heterocycles. The van der Waals surface area contributed by atoms with E-state index in [4.69, 9.17) is 0 Å². The zero-order valence-electron chi connectivity index (χ0n) is 17.4. The van der Waals surface area contributed by atoms with Crippen LogP contribution in [0.1, 0.15) is 23.7 Å². The predicted octanol–water partition coefficient (Wildman–Crippen LogP) is 5.21. The van der Waals surface area contributed by atoms with Crippen LogP contribution in [0.4, 0.5) is 28.9 Å². The fraction of sp³-hybridized carbons (Fsp3) is 0.364. The van der Waals surface area contributed by atoms with Crippen molar-refractivity contribution in [3.8, 4) is 0 Å². The van der Waals surface area contributed by atoms with Crippen molar-refractivity contribution < 1.29 is 27.6 Å². The summed E-state index contributed by atoms with van der Waals surface area (Å²) in [7, 11) is 0. The molecule has 2 aromatic carbocycles. The number of fused-ring (bicyclic) bond motifs is 1. The molecule has 11 heteroatoms. The Morgan fingerprint density at radius 3 is 2.52 bits per heavy atom. The first kappa shape index (κ1) is 23.4. The molecule has 4 rings (SSSR count). The molecule has 0 saturated carbocycles. The minimum atomic E-state index is -4.65. The van der Waals surface area contributed by atoms with Gasteiger partial charge in [-0.3, -0.25) is 15.0 Å². The van der Waals surface area contributed by atoms with Gasteiger partial charge in [-0.2, -0.15) is 13.2 Å². The van der Waals surface area contributed by atoms with E-state index < -0.39 is 28.5 Å². The number of aliphatic hydroxyl groups is 1. The Bertz CT molecular complexity index is 1160. The molecule has 1 atom stereocenters. The van der Waals surface area contributed by atoms with Crippen LogP contribution in [0, 0.1) is 15.9 Å². The van der Waals surface area contributed by atoms with Crippen molar-refractivity contribution in [2.45, 2.75) is 18.7 Å². The molecule has 0 bridgehead atoms. The van der Waals surface area contributed by atoms with E-state index in [0.717, 1.165) is 16.8 Å². The minimum absolute atomic E-state index is 0.166. The zero-order chi connectivity index (χ0) is 23.8. The van der Waals surface area contributed by atoms with Gasteiger partial charge in [-0.05, 0) is 47.7 Å². The average molecular weight is 483 g/mol. The number of nitrogens with zero attached hydrogens (tertiary/aromatic N) is 3. The molecule has 1 saturated heterocycles. The van der Waals surface area contributed by atoms with Crippen molar-refractivity contribution in [1.82, 2.24) is 4.90 Å². The number of piperazine rings is 1.